The van der Waals surface area contributed by atoms with Crippen molar-refractivity contribution in [2.24, 2.45) is 0 Å². The number of nitrogens with one attached hydrogen (secondary N) is 1. The van der Waals surface area contributed by atoms with Crippen LogP contribution in [0.15, 0.2) is 24.3 Å². The molecule has 3 nitrogen and oxygen atoms in total. The van der Waals surface area contributed by atoms with E-state index in [2.05, 4.69) is 43.1 Å². The normalized spacial score (nSPS) is 13.0. The van der Waals surface area contributed by atoms with Crippen LogP contribution in [0.2, 0.25) is 0 Å². The fourth-order valence-corrected chi connectivity index (χ4v) is 2.27. The highest BCUT2D eigenvalue weighted by molar-refractivity contribution is 5.44. The summed E-state index contributed by atoms with van der Waals surface area (Å²) in [7, 11) is 4.17. The second-order valence-corrected chi connectivity index (χ2v) is 5.15. The summed E-state index contributed by atoms with van der Waals surface area (Å²) in [4.78, 5) is 4.59. The first kappa shape index (κ1) is 15.9. The molecule has 0 radical (unpaired) electrons. The molecule has 0 heterocycles. The number of halogens is 1. The van der Waals surface area contributed by atoms with Crippen LogP contribution in [-0.2, 0) is 0 Å². The third-order valence-corrected chi connectivity index (χ3v) is 3.25. The van der Waals surface area contributed by atoms with Gasteiger partial charge >= 0.3 is 0 Å². The van der Waals surface area contributed by atoms with Gasteiger partial charge in [0.1, 0.15) is 5.82 Å². The molecule has 0 spiro atoms. The molecule has 1 N–H and O–H groups in total. The summed E-state index contributed by atoms with van der Waals surface area (Å²) in [6, 6.07) is 7.31. The van der Waals surface area contributed by atoms with E-state index in [-0.39, 0.29) is 5.82 Å². The molecule has 0 saturated heterocycles. The molecule has 1 atom stereocenters. The summed E-state index contributed by atoms with van der Waals surface area (Å²) in [6.07, 6.45) is 0. The Kier molecular flexibility index (Phi) is 6.81. The van der Waals surface area contributed by atoms with E-state index in [1.165, 1.54) is 6.07 Å². The van der Waals surface area contributed by atoms with Gasteiger partial charge in [0.2, 0.25) is 0 Å². The van der Waals surface area contributed by atoms with Crippen LogP contribution in [0.25, 0.3) is 0 Å². The van der Waals surface area contributed by atoms with Crippen LogP contribution in [0.1, 0.15) is 13.8 Å². The fraction of sp³-hybridized carbons (Fsp3) is 0.600. The molecule has 1 unspecified atom stereocenters. The summed E-state index contributed by atoms with van der Waals surface area (Å²) >= 11 is 0. The predicted octanol–water partition coefficient (Wildman–Crippen LogP) is 2.51. The monoisotopic (exact) mass is 267 g/mol. The molecule has 1 aromatic rings. The number of hydrogen-bond donors (Lipinski definition) is 1. The third kappa shape index (κ3) is 5.57. The van der Waals surface area contributed by atoms with Crippen LogP contribution < -0.4 is 5.32 Å². The molecular formula is C15H26FN3. The van der Waals surface area contributed by atoms with Crippen LogP contribution >= 0.6 is 0 Å². The molecule has 0 bridgehead atoms. The molecule has 0 aliphatic heterocycles. The zero-order valence-electron chi connectivity index (χ0n) is 12.5. The quantitative estimate of drug-likeness (QED) is 0.781. The van der Waals surface area contributed by atoms with Crippen molar-refractivity contribution in [3.8, 4) is 0 Å². The summed E-state index contributed by atoms with van der Waals surface area (Å²) in [6.45, 7) is 8.11. The smallest absolute Gasteiger partial charge is 0.146 e. The van der Waals surface area contributed by atoms with E-state index in [1.54, 1.807) is 12.1 Å². The molecule has 0 amide bonds. The standard InChI is InChI=1S/C15H26FN3/c1-5-19(13(2)12-18(3)4)11-10-17-15-9-7-6-8-14(15)16/h6-9,13,17H,5,10-12H2,1-4H3. The number of hydrogen-bond acceptors (Lipinski definition) is 3. The average Bonchev–Trinajstić information content (AvgIpc) is 2.35. The number of benzene rings is 1. The van der Waals surface area contributed by atoms with Crippen molar-refractivity contribution in [2.45, 2.75) is 19.9 Å². The maximum atomic E-state index is 13.4. The fourth-order valence-electron chi connectivity index (χ4n) is 2.27. The lowest BCUT2D eigenvalue weighted by atomic mass is 10.2. The predicted molar refractivity (Wildman–Crippen MR) is 80.2 cm³/mol. The van der Waals surface area contributed by atoms with Gasteiger partial charge in [0.05, 0.1) is 5.69 Å². The summed E-state index contributed by atoms with van der Waals surface area (Å²) in [5.74, 6) is -0.188. The Morgan fingerprint density at radius 2 is 1.95 bits per heavy atom. The molecule has 0 aliphatic carbocycles. The minimum Gasteiger partial charge on any atom is -0.381 e. The molecule has 4 heteroatoms. The molecule has 0 fully saturated rings. The molecule has 1 aromatic carbocycles. The van der Waals surface area contributed by atoms with Gasteiger partial charge in [0.15, 0.2) is 0 Å². The van der Waals surface area contributed by atoms with Crippen LogP contribution in [0.4, 0.5) is 10.1 Å². The number of para-hydroxylation sites is 1. The van der Waals surface area contributed by atoms with E-state index >= 15 is 0 Å². The van der Waals surface area contributed by atoms with Gasteiger partial charge in [-0.05, 0) is 39.7 Å². The van der Waals surface area contributed by atoms with E-state index in [9.17, 15) is 4.39 Å². The number of nitrogens with zero attached hydrogens (tertiary/aromatic N) is 2. The van der Waals surface area contributed by atoms with Crippen molar-refractivity contribution >= 4 is 5.69 Å². The average molecular weight is 267 g/mol. The van der Waals surface area contributed by atoms with Gasteiger partial charge in [0.25, 0.3) is 0 Å². The van der Waals surface area contributed by atoms with Gasteiger partial charge in [-0.3, -0.25) is 4.90 Å². The second-order valence-electron chi connectivity index (χ2n) is 5.15. The maximum absolute atomic E-state index is 13.4. The van der Waals surface area contributed by atoms with Gasteiger partial charge in [-0.1, -0.05) is 19.1 Å². The van der Waals surface area contributed by atoms with Gasteiger partial charge in [-0.15, -0.1) is 0 Å². The van der Waals surface area contributed by atoms with Crippen LogP contribution in [-0.4, -0.2) is 56.1 Å². The van der Waals surface area contributed by atoms with Crippen LogP contribution in [0.5, 0.6) is 0 Å². The Morgan fingerprint density at radius 1 is 1.26 bits per heavy atom. The van der Waals surface area contributed by atoms with Crippen molar-refractivity contribution in [1.82, 2.24) is 9.80 Å². The SMILES string of the molecule is CCN(CCNc1ccccc1F)C(C)CN(C)C. The molecule has 0 aliphatic rings. The molecule has 0 saturated carbocycles. The van der Waals surface area contributed by atoms with Gasteiger partial charge < -0.3 is 10.2 Å². The van der Waals surface area contributed by atoms with Crippen molar-refractivity contribution in [2.75, 3.05) is 45.6 Å². The first-order valence-corrected chi connectivity index (χ1v) is 6.91. The molecule has 0 aromatic heterocycles. The lowest BCUT2D eigenvalue weighted by molar-refractivity contribution is 0.187. The van der Waals surface area contributed by atoms with Crippen molar-refractivity contribution in [3.63, 3.8) is 0 Å². The van der Waals surface area contributed by atoms with Crippen LogP contribution in [0.3, 0.4) is 0 Å². The largest absolute Gasteiger partial charge is 0.381 e. The molecule has 108 valence electrons. The lowest BCUT2D eigenvalue weighted by Gasteiger charge is -2.30. The van der Waals surface area contributed by atoms with E-state index in [0.717, 1.165) is 26.2 Å². The first-order valence-electron chi connectivity index (χ1n) is 6.91. The number of likely N-dealkylation sites (N-methyl/N-ethyl adjacent to an activating group) is 2. The number of anilines is 1. The Morgan fingerprint density at radius 3 is 2.53 bits per heavy atom. The minimum atomic E-state index is -0.188. The van der Waals surface area contributed by atoms with E-state index in [1.807, 2.05) is 6.07 Å². The lowest BCUT2D eigenvalue weighted by Crippen LogP contribution is -2.42. The van der Waals surface area contributed by atoms with Gasteiger partial charge in [0, 0.05) is 25.7 Å². The van der Waals surface area contributed by atoms with Gasteiger partial charge in [-0.25, -0.2) is 4.39 Å². The third-order valence-electron chi connectivity index (χ3n) is 3.25. The zero-order valence-corrected chi connectivity index (χ0v) is 12.5. The van der Waals surface area contributed by atoms with Crippen molar-refractivity contribution in [3.05, 3.63) is 30.1 Å². The Bertz CT molecular complexity index is 368. The molecule has 1 rings (SSSR count). The number of rotatable bonds is 8. The van der Waals surface area contributed by atoms with Gasteiger partial charge in [-0.2, -0.15) is 0 Å². The highest BCUT2D eigenvalue weighted by atomic mass is 19.1. The Balaban J connectivity index is 2.39. The van der Waals surface area contributed by atoms with Crippen molar-refractivity contribution < 1.29 is 4.39 Å². The maximum Gasteiger partial charge on any atom is 0.146 e. The Hall–Kier alpha value is -1.13. The molecule has 19 heavy (non-hydrogen) atoms. The van der Waals surface area contributed by atoms with E-state index < -0.39 is 0 Å². The van der Waals surface area contributed by atoms with Crippen LogP contribution in [0, 0.1) is 5.82 Å². The highest BCUT2D eigenvalue weighted by Gasteiger charge is 2.12. The summed E-state index contributed by atoms with van der Waals surface area (Å²) in [5.41, 5.74) is 0.582. The highest BCUT2D eigenvalue weighted by Crippen LogP contribution is 2.11. The van der Waals surface area contributed by atoms with E-state index in [4.69, 9.17) is 0 Å². The summed E-state index contributed by atoms with van der Waals surface area (Å²) < 4.78 is 13.4. The summed E-state index contributed by atoms with van der Waals surface area (Å²) in [5, 5.41) is 3.16. The first-order chi connectivity index (χ1) is 9.04. The topological polar surface area (TPSA) is 18.5 Å². The van der Waals surface area contributed by atoms with E-state index in [0.29, 0.717) is 11.7 Å². The molecular weight excluding hydrogens is 241 g/mol. The second kappa shape index (κ2) is 8.12. The van der Waals surface area contributed by atoms with Crippen molar-refractivity contribution in [1.29, 1.82) is 0 Å². The minimum absolute atomic E-state index is 0.188. The Labute approximate surface area is 116 Å². The zero-order chi connectivity index (χ0) is 14.3.